The van der Waals surface area contributed by atoms with E-state index in [1.807, 2.05) is 30.3 Å². The second kappa shape index (κ2) is 10.8. The average Bonchev–Trinajstić information content (AvgIpc) is 3.07. The number of alkyl carbamates (subject to hydrolysis) is 1. The molecule has 0 radical (unpaired) electrons. The van der Waals surface area contributed by atoms with E-state index in [0.29, 0.717) is 13.0 Å². The van der Waals surface area contributed by atoms with Crippen molar-refractivity contribution in [2.45, 2.75) is 64.8 Å². The highest BCUT2D eigenvalue weighted by Gasteiger charge is 2.38. The van der Waals surface area contributed by atoms with Gasteiger partial charge in [0.05, 0.1) is 6.04 Å². The Balaban J connectivity index is 2.19. The Kier molecular flexibility index (Phi) is 8.41. The summed E-state index contributed by atoms with van der Waals surface area (Å²) in [6, 6.07) is 8.30. The van der Waals surface area contributed by atoms with Crippen LogP contribution >= 0.6 is 0 Å². The van der Waals surface area contributed by atoms with Crippen LogP contribution in [0.15, 0.2) is 30.3 Å². The summed E-state index contributed by atoms with van der Waals surface area (Å²) >= 11 is 0. The van der Waals surface area contributed by atoms with Gasteiger partial charge in [-0.1, -0.05) is 30.3 Å². The molecule has 9 nitrogen and oxygen atoms in total. The van der Waals surface area contributed by atoms with Gasteiger partial charge >= 0.3 is 12.1 Å². The van der Waals surface area contributed by atoms with Crippen molar-refractivity contribution in [1.82, 2.24) is 16.0 Å². The number of esters is 1. The summed E-state index contributed by atoms with van der Waals surface area (Å²) < 4.78 is 10.6. The fraction of sp³-hybridized carbons (Fsp3) is 0.545. The van der Waals surface area contributed by atoms with E-state index < -0.39 is 41.6 Å². The average molecular weight is 434 g/mol. The van der Waals surface area contributed by atoms with Gasteiger partial charge in [-0.15, -0.1) is 0 Å². The molecule has 1 saturated heterocycles. The largest absolute Gasteiger partial charge is 0.450 e. The molecule has 0 bridgehead atoms. The van der Waals surface area contributed by atoms with Crippen LogP contribution in [0.25, 0.3) is 0 Å². The Morgan fingerprint density at radius 3 is 2.42 bits per heavy atom. The van der Waals surface area contributed by atoms with Crippen molar-refractivity contribution in [3.8, 4) is 0 Å². The minimum atomic E-state index is -1.32. The van der Waals surface area contributed by atoms with E-state index in [1.165, 1.54) is 6.92 Å². The molecule has 9 heteroatoms. The van der Waals surface area contributed by atoms with Crippen LogP contribution in [-0.2, 0) is 30.4 Å². The van der Waals surface area contributed by atoms with Crippen LogP contribution < -0.4 is 16.0 Å². The maximum absolute atomic E-state index is 12.9. The number of ether oxygens (including phenoxy) is 2. The predicted octanol–water partition coefficient (Wildman–Crippen LogP) is 1.65. The fourth-order valence-electron chi connectivity index (χ4n) is 3.28. The molecule has 0 saturated carbocycles. The van der Waals surface area contributed by atoms with Crippen LogP contribution in [0, 0.1) is 5.92 Å². The van der Waals surface area contributed by atoms with Gasteiger partial charge in [0.2, 0.25) is 5.91 Å². The second-order valence-electron chi connectivity index (χ2n) is 8.50. The lowest BCUT2D eigenvalue weighted by Crippen LogP contribution is -2.54. The second-order valence-corrected chi connectivity index (χ2v) is 8.50. The molecule has 0 aliphatic carbocycles. The van der Waals surface area contributed by atoms with Crippen molar-refractivity contribution in [2.24, 2.45) is 5.92 Å². The van der Waals surface area contributed by atoms with E-state index in [9.17, 15) is 19.2 Å². The normalized spacial score (nSPS) is 17.8. The van der Waals surface area contributed by atoms with Gasteiger partial charge in [-0.3, -0.25) is 14.4 Å². The molecule has 3 unspecified atom stereocenters. The van der Waals surface area contributed by atoms with Crippen LogP contribution in [0.3, 0.4) is 0 Å². The molecule has 1 heterocycles. The van der Waals surface area contributed by atoms with E-state index >= 15 is 0 Å². The van der Waals surface area contributed by atoms with Crippen LogP contribution in [0.2, 0.25) is 0 Å². The Morgan fingerprint density at radius 1 is 1.19 bits per heavy atom. The Bertz CT molecular complexity index is 790. The summed E-state index contributed by atoms with van der Waals surface area (Å²) in [6.45, 7) is 7.05. The molecule has 1 aromatic carbocycles. The first kappa shape index (κ1) is 24.2. The minimum absolute atomic E-state index is 0.127. The molecule has 170 valence electrons. The molecule has 3 amide bonds. The Morgan fingerprint density at radius 2 is 1.87 bits per heavy atom. The number of hydrogen-bond donors (Lipinski definition) is 3. The van der Waals surface area contributed by atoms with Gasteiger partial charge in [-0.2, -0.15) is 0 Å². The summed E-state index contributed by atoms with van der Waals surface area (Å²) in [5.41, 5.74) is 0.107. The lowest BCUT2D eigenvalue weighted by Gasteiger charge is -2.29. The first-order chi connectivity index (χ1) is 14.5. The van der Waals surface area contributed by atoms with Gasteiger partial charge in [0.15, 0.2) is 6.10 Å². The smallest absolute Gasteiger partial charge is 0.408 e. The standard InChI is InChI=1S/C22H31N3O6/c1-14(26)30-18(20(28)24-13-15-8-6-5-7-9-15)17(12-16-10-11-23-19(16)27)25-21(29)31-22(2,3)4/h5-9,16-18H,10-13H2,1-4H3,(H,23,27)(H,24,28)(H,25,29). The zero-order valence-electron chi connectivity index (χ0n) is 18.4. The van der Waals surface area contributed by atoms with E-state index in [4.69, 9.17) is 9.47 Å². The highest BCUT2D eigenvalue weighted by Crippen LogP contribution is 2.20. The molecule has 0 spiro atoms. The number of amides is 3. The molecule has 2 rings (SSSR count). The van der Waals surface area contributed by atoms with Crippen molar-refractivity contribution in [3.63, 3.8) is 0 Å². The van der Waals surface area contributed by atoms with E-state index in [-0.39, 0.29) is 18.9 Å². The fourth-order valence-corrected chi connectivity index (χ4v) is 3.28. The van der Waals surface area contributed by atoms with Crippen LogP contribution in [-0.4, -0.2) is 48.2 Å². The Hall–Kier alpha value is -3.10. The van der Waals surface area contributed by atoms with Gasteiger partial charge in [-0.25, -0.2) is 4.79 Å². The number of carbonyl (C=O) groups excluding carboxylic acids is 4. The van der Waals surface area contributed by atoms with Gasteiger partial charge in [0.1, 0.15) is 5.60 Å². The first-order valence-corrected chi connectivity index (χ1v) is 10.3. The van der Waals surface area contributed by atoms with E-state index in [2.05, 4.69) is 16.0 Å². The first-order valence-electron chi connectivity index (χ1n) is 10.3. The van der Waals surface area contributed by atoms with Gasteiger partial charge < -0.3 is 25.4 Å². The third-order valence-electron chi connectivity index (χ3n) is 4.63. The van der Waals surface area contributed by atoms with Crippen molar-refractivity contribution in [1.29, 1.82) is 0 Å². The summed E-state index contributed by atoms with van der Waals surface area (Å²) in [5.74, 6) is -1.83. The number of rotatable bonds is 8. The third-order valence-corrected chi connectivity index (χ3v) is 4.63. The number of nitrogens with one attached hydrogen (secondary N) is 3. The predicted molar refractivity (Wildman–Crippen MR) is 113 cm³/mol. The van der Waals surface area contributed by atoms with Crippen molar-refractivity contribution < 1.29 is 28.7 Å². The van der Waals surface area contributed by atoms with Gasteiger partial charge in [0, 0.05) is 25.9 Å². The maximum Gasteiger partial charge on any atom is 0.408 e. The van der Waals surface area contributed by atoms with Crippen molar-refractivity contribution in [3.05, 3.63) is 35.9 Å². The molecular weight excluding hydrogens is 402 g/mol. The third kappa shape index (κ3) is 8.27. The topological polar surface area (TPSA) is 123 Å². The quantitative estimate of drug-likeness (QED) is 0.536. The minimum Gasteiger partial charge on any atom is -0.450 e. The summed E-state index contributed by atoms with van der Waals surface area (Å²) in [5, 5.41) is 8.09. The molecule has 0 aromatic heterocycles. The number of carbonyl (C=O) groups is 4. The monoisotopic (exact) mass is 433 g/mol. The zero-order valence-corrected chi connectivity index (χ0v) is 18.4. The van der Waals surface area contributed by atoms with Gasteiger partial charge in [0.25, 0.3) is 5.91 Å². The molecule has 1 aliphatic heterocycles. The van der Waals surface area contributed by atoms with Crippen molar-refractivity contribution >= 4 is 23.9 Å². The van der Waals surface area contributed by atoms with Crippen molar-refractivity contribution in [2.75, 3.05) is 6.54 Å². The lowest BCUT2D eigenvalue weighted by atomic mass is 9.94. The number of hydrogen-bond acceptors (Lipinski definition) is 6. The van der Waals surface area contributed by atoms with E-state index in [1.54, 1.807) is 20.8 Å². The summed E-state index contributed by atoms with van der Waals surface area (Å²) in [6.07, 6.45) is -1.39. The zero-order chi connectivity index (χ0) is 23.0. The Labute approximate surface area is 182 Å². The SMILES string of the molecule is CC(=O)OC(C(=O)NCc1ccccc1)C(CC1CCNC1=O)NC(=O)OC(C)(C)C. The van der Waals surface area contributed by atoms with Gasteiger partial charge in [-0.05, 0) is 39.2 Å². The molecule has 3 N–H and O–H groups in total. The van der Waals surface area contributed by atoms with E-state index in [0.717, 1.165) is 5.56 Å². The van der Waals surface area contributed by atoms with Crippen LogP contribution in [0.1, 0.15) is 46.1 Å². The highest BCUT2D eigenvalue weighted by atomic mass is 16.6. The molecular formula is C22H31N3O6. The molecule has 1 aliphatic rings. The summed E-state index contributed by atoms with van der Waals surface area (Å²) in [7, 11) is 0. The molecule has 1 fully saturated rings. The molecule has 1 aromatic rings. The number of benzene rings is 1. The maximum atomic E-state index is 12.9. The molecule has 31 heavy (non-hydrogen) atoms. The highest BCUT2D eigenvalue weighted by molar-refractivity contribution is 5.85. The summed E-state index contributed by atoms with van der Waals surface area (Å²) in [4.78, 5) is 49.2. The van der Waals surface area contributed by atoms with Crippen LogP contribution in [0.5, 0.6) is 0 Å². The lowest BCUT2D eigenvalue weighted by molar-refractivity contribution is -0.156. The molecule has 3 atom stereocenters. The van der Waals surface area contributed by atoms with Crippen LogP contribution in [0.4, 0.5) is 4.79 Å².